The number of hydrogen-bond acceptors (Lipinski definition) is 3. The smallest absolute Gasteiger partial charge is 0.240 e. The van der Waals surface area contributed by atoms with Crippen LogP contribution in [0.5, 0.6) is 0 Å². The third kappa shape index (κ3) is 5.65. The van der Waals surface area contributed by atoms with E-state index in [4.69, 9.17) is 0 Å². The molecule has 2 N–H and O–H groups in total. The average Bonchev–Trinajstić information content (AvgIpc) is 2.43. The summed E-state index contributed by atoms with van der Waals surface area (Å²) in [5.41, 5.74) is 0. The van der Waals surface area contributed by atoms with Crippen molar-refractivity contribution in [3.05, 3.63) is 28.7 Å². The van der Waals surface area contributed by atoms with Crippen LogP contribution in [0.3, 0.4) is 0 Å². The molecule has 0 aliphatic rings. The number of rotatable bonds is 8. The van der Waals surface area contributed by atoms with Gasteiger partial charge in [-0.25, -0.2) is 13.1 Å². The van der Waals surface area contributed by atoms with Crippen molar-refractivity contribution in [1.29, 1.82) is 0 Å². The Labute approximate surface area is 142 Å². The van der Waals surface area contributed by atoms with Crippen LogP contribution in [-0.4, -0.2) is 25.7 Å². The number of benzene rings is 1. The monoisotopic (exact) mass is 391 g/mol. The summed E-state index contributed by atoms with van der Waals surface area (Å²) in [4.78, 5) is 0.209. The van der Waals surface area contributed by atoms with Gasteiger partial charge in [0.2, 0.25) is 10.0 Å². The van der Waals surface area contributed by atoms with Crippen molar-refractivity contribution in [2.45, 2.75) is 57.6 Å². The molecule has 0 spiro atoms. The van der Waals surface area contributed by atoms with Gasteiger partial charge < -0.3 is 5.11 Å². The zero-order chi connectivity index (χ0) is 16.9. The standard InChI is InChI=1S/C16H26BrNO3S/c1-5-12(4)16(15(19)10-11(2)3)18-22(20,21)14-8-6-13(17)7-9-14/h6-9,11-12,15-16,18-19H,5,10H2,1-4H3/t12-,15?,16?/m0/s1. The molecule has 4 nitrogen and oxygen atoms in total. The number of hydrogen-bond donors (Lipinski definition) is 2. The second-order valence-electron chi connectivity index (χ2n) is 6.18. The van der Waals surface area contributed by atoms with E-state index >= 15 is 0 Å². The Morgan fingerprint density at radius 2 is 1.73 bits per heavy atom. The molecule has 22 heavy (non-hydrogen) atoms. The highest BCUT2D eigenvalue weighted by Gasteiger charge is 2.29. The van der Waals surface area contributed by atoms with Crippen molar-refractivity contribution in [2.24, 2.45) is 11.8 Å². The lowest BCUT2D eigenvalue weighted by Gasteiger charge is -2.29. The van der Waals surface area contributed by atoms with E-state index in [2.05, 4.69) is 20.7 Å². The summed E-state index contributed by atoms with van der Waals surface area (Å²) in [7, 11) is -3.64. The first-order valence-corrected chi connectivity index (χ1v) is 9.91. The molecule has 1 aromatic rings. The fourth-order valence-electron chi connectivity index (χ4n) is 2.32. The first kappa shape index (κ1) is 19.6. The highest BCUT2D eigenvalue weighted by atomic mass is 79.9. The zero-order valence-corrected chi connectivity index (χ0v) is 16.0. The second-order valence-corrected chi connectivity index (χ2v) is 8.81. The molecule has 0 radical (unpaired) electrons. The fourth-order valence-corrected chi connectivity index (χ4v) is 3.96. The lowest BCUT2D eigenvalue weighted by Crippen LogP contribution is -2.47. The minimum Gasteiger partial charge on any atom is -0.391 e. The summed E-state index contributed by atoms with van der Waals surface area (Å²) >= 11 is 3.29. The molecule has 0 heterocycles. The topological polar surface area (TPSA) is 66.4 Å². The van der Waals surface area contributed by atoms with Gasteiger partial charge in [0.1, 0.15) is 0 Å². The number of aliphatic hydroxyl groups is 1. The van der Waals surface area contributed by atoms with Gasteiger partial charge in [0.05, 0.1) is 17.0 Å². The lowest BCUT2D eigenvalue weighted by atomic mass is 9.91. The van der Waals surface area contributed by atoms with E-state index in [1.807, 2.05) is 27.7 Å². The van der Waals surface area contributed by atoms with Gasteiger partial charge in [0, 0.05) is 4.47 Å². The highest BCUT2D eigenvalue weighted by molar-refractivity contribution is 9.10. The summed E-state index contributed by atoms with van der Waals surface area (Å²) in [5.74, 6) is 0.359. The number of aliphatic hydroxyl groups excluding tert-OH is 1. The van der Waals surface area contributed by atoms with Crippen LogP contribution in [0.15, 0.2) is 33.6 Å². The van der Waals surface area contributed by atoms with Gasteiger partial charge in [-0.2, -0.15) is 0 Å². The first-order chi connectivity index (χ1) is 10.2. The molecular formula is C16H26BrNO3S. The molecule has 0 fully saturated rings. The molecule has 0 amide bonds. The molecule has 1 rings (SSSR count). The van der Waals surface area contributed by atoms with Gasteiger partial charge in [0.25, 0.3) is 0 Å². The van der Waals surface area contributed by atoms with Gasteiger partial charge in [-0.05, 0) is 42.5 Å². The molecule has 1 aromatic carbocycles. The Hall–Kier alpha value is -0.430. The maximum Gasteiger partial charge on any atom is 0.240 e. The number of halogens is 1. The van der Waals surface area contributed by atoms with Gasteiger partial charge in [-0.15, -0.1) is 0 Å². The molecule has 0 saturated heterocycles. The minimum atomic E-state index is -3.64. The molecule has 126 valence electrons. The van der Waals surface area contributed by atoms with Crippen LogP contribution in [0.4, 0.5) is 0 Å². The molecule has 0 aromatic heterocycles. The van der Waals surface area contributed by atoms with Crippen molar-refractivity contribution >= 4 is 26.0 Å². The van der Waals surface area contributed by atoms with Crippen molar-refractivity contribution in [3.63, 3.8) is 0 Å². The predicted octanol–water partition coefficient (Wildman–Crippen LogP) is 3.55. The van der Waals surface area contributed by atoms with E-state index in [0.717, 1.165) is 10.9 Å². The zero-order valence-electron chi connectivity index (χ0n) is 13.6. The molecule has 2 unspecified atom stereocenters. The number of nitrogens with one attached hydrogen (secondary N) is 1. The van der Waals surface area contributed by atoms with Crippen molar-refractivity contribution < 1.29 is 13.5 Å². The summed E-state index contributed by atoms with van der Waals surface area (Å²) in [6, 6.07) is 6.00. The maximum absolute atomic E-state index is 12.5. The summed E-state index contributed by atoms with van der Waals surface area (Å²) in [6.07, 6.45) is 0.667. The predicted molar refractivity (Wildman–Crippen MR) is 93.2 cm³/mol. The van der Waals surface area contributed by atoms with Gasteiger partial charge in [-0.1, -0.05) is 50.0 Å². The Balaban J connectivity index is 2.99. The van der Waals surface area contributed by atoms with E-state index in [-0.39, 0.29) is 10.8 Å². The van der Waals surface area contributed by atoms with E-state index in [1.54, 1.807) is 24.3 Å². The second kappa shape index (κ2) is 8.43. The molecule has 6 heteroatoms. The normalized spacial score (nSPS) is 16.5. The molecule has 3 atom stereocenters. The largest absolute Gasteiger partial charge is 0.391 e. The van der Waals surface area contributed by atoms with Crippen LogP contribution < -0.4 is 4.72 Å². The van der Waals surface area contributed by atoms with E-state index < -0.39 is 22.2 Å². The average molecular weight is 392 g/mol. The summed E-state index contributed by atoms with van der Waals surface area (Å²) in [5, 5.41) is 10.4. The SMILES string of the molecule is CC[C@H](C)C(NS(=O)(=O)c1ccc(Br)cc1)C(O)CC(C)C. The quantitative estimate of drug-likeness (QED) is 0.711. The van der Waals surface area contributed by atoms with Crippen molar-refractivity contribution in [2.75, 3.05) is 0 Å². The van der Waals surface area contributed by atoms with Crippen LogP contribution in [0.25, 0.3) is 0 Å². The van der Waals surface area contributed by atoms with Gasteiger partial charge >= 0.3 is 0 Å². The lowest BCUT2D eigenvalue weighted by molar-refractivity contribution is 0.0910. The van der Waals surface area contributed by atoms with Crippen LogP contribution in [0.2, 0.25) is 0 Å². The summed E-state index contributed by atoms with van der Waals surface area (Å²) < 4.78 is 28.6. The van der Waals surface area contributed by atoms with Crippen molar-refractivity contribution in [1.82, 2.24) is 4.72 Å². The Bertz CT molecular complexity index is 557. The molecule has 0 saturated carbocycles. The molecule has 0 aliphatic heterocycles. The maximum atomic E-state index is 12.5. The Morgan fingerprint density at radius 3 is 2.18 bits per heavy atom. The Morgan fingerprint density at radius 1 is 1.18 bits per heavy atom. The van der Waals surface area contributed by atoms with Crippen LogP contribution >= 0.6 is 15.9 Å². The highest BCUT2D eigenvalue weighted by Crippen LogP contribution is 2.21. The molecular weight excluding hydrogens is 366 g/mol. The van der Waals surface area contributed by atoms with Gasteiger partial charge in [0.15, 0.2) is 0 Å². The number of sulfonamides is 1. The van der Waals surface area contributed by atoms with E-state index in [9.17, 15) is 13.5 Å². The third-order valence-corrected chi connectivity index (χ3v) is 5.80. The minimum absolute atomic E-state index is 0.0546. The third-order valence-electron chi connectivity index (χ3n) is 3.80. The Kier molecular flexibility index (Phi) is 7.52. The fraction of sp³-hybridized carbons (Fsp3) is 0.625. The van der Waals surface area contributed by atoms with Crippen LogP contribution in [0, 0.1) is 11.8 Å². The summed E-state index contributed by atoms with van der Waals surface area (Å²) in [6.45, 7) is 7.98. The molecule has 0 bridgehead atoms. The molecule has 0 aliphatic carbocycles. The van der Waals surface area contributed by atoms with Crippen molar-refractivity contribution in [3.8, 4) is 0 Å². The van der Waals surface area contributed by atoms with E-state index in [0.29, 0.717) is 12.3 Å². The van der Waals surface area contributed by atoms with E-state index in [1.165, 1.54) is 0 Å². The van der Waals surface area contributed by atoms with Crippen LogP contribution in [0.1, 0.15) is 40.5 Å². The van der Waals surface area contributed by atoms with Crippen LogP contribution in [-0.2, 0) is 10.0 Å². The van der Waals surface area contributed by atoms with Gasteiger partial charge in [-0.3, -0.25) is 0 Å². The first-order valence-electron chi connectivity index (χ1n) is 7.63.